The van der Waals surface area contributed by atoms with Gasteiger partial charge in [-0.2, -0.15) is 0 Å². The molecule has 1 saturated heterocycles. The molecule has 1 aliphatic heterocycles. The highest BCUT2D eigenvalue weighted by Crippen LogP contribution is 2.32. The Morgan fingerprint density at radius 2 is 2.17 bits per heavy atom. The molecule has 1 unspecified atom stereocenters. The van der Waals surface area contributed by atoms with Gasteiger partial charge in [-0.1, -0.05) is 12.1 Å². The van der Waals surface area contributed by atoms with Crippen LogP contribution in [-0.2, 0) is 14.8 Å². The fourth-order valence-electron chi connectivity index (χ4n) is 2.91. The van der Waals surface area contributed by atoms with E-state index in [-0.39, 0.29) is 24.9 Å². The van der Waals surface area contributed by atoms with Crippen molar-refractivity contribution in [1.29, 1.82) is 0 Å². The second kappa shape index (κ2) is 7.79. The summed E-state index contributed by atoms with van der Waals surface area (Å²) < 4.78 is 29.8. The third kappa shape index (κ3) is 5.21. The summed E-state index contributed by atoms with van der Waals surface area (Å²) in [7, 11) is -1.64. The van der Waals surface area contributed by atoms with Crippen LogP contribution in [0, 0.1) is 0 Å². The van der Waals surface area contributed by atoms with Crippen LogP contribution >= 0.6 is 0 Å². The Morgan fingerprint density at radius 3 is 2.87 bits per heavy atom. The molecule has 1 fully saturated rings. The molecule has 0 aliphatic carbocycles. The van der Waals surface area contributed by atoms with E-state index in [4.69, 9.17) is 4.74 Å². The molecule has 1 N–H and O–H groups in total. The van der Waals surface area contributed by atoms with Crippen molar-refractivity contribution in [2.45, 2.75) is 31.7 Å². The molecule has 0 aromatic heterocycles. The van der Waals surface area contributed by atoms with Crippen LogP contribution in [0.5, 0.6) is 5.75 Å². The van der Waals surface area contributed by atoms with Gasteiger partial charge in [0.1, 0.15) is 5.75 Å². The Bertz CT molecular complexity index is 645. The second-order valence-corrected chi connectivity index (χ2v) is 7.62. The third-order valence-corrected chi connectivity index (χ3v) is 4.73. The van der Waals surface area contributed by atoms with E-state index in [0.29, 0.717) is 6.54 Å². The van der Waals surface area contributed by atoms with Gasteiger partial charge in [0.2, 0.25) is 15.9 Å². The molecule has 128 valence electrons. The zero-order valence-electron chi connectivity index (χ0n) is 13.6. The van der Waals surface area contributed by atoms with Crippen molar-refractivity contribution in [2.24, 2.45) is 0 Å². The average molecular weight is 340 g/mol. The minimum atomic E-state index is -3.26. The van der Waals surface area contributed by atoms with Crippen LogP contribution in [0.2, 0.25) is 0 Å². The van der Waals surface area contributed by atoms with Crippen molar-refractivity contribution in [3.8, 4) is 5.75 Å². The fraction of sp³-hybridized carbons (Fsp3) is 0.562. The number of nitrogens with zero attached hydrogens (tertiary/aromatic N) is 1. The van der Waals surface area contributed by atoms with Gasteiger partial charge in [0.25, 0.3) is 0 Å². The molecule has 1 aromatic rings. The van der Waals surface area contributed by atoms with Crippen molar-refractivity contribution in [1.82, 2.24) is 9.62 Å². The van der Waals surface area contributed by atoms with Gasteiger partial charge >= 0.3 is 0 Å². The smallest absolute Gasteiger partial charge is 0.224 e. The van der Waals surface area contributed by atoms with Crippen LogP contribution in [0.1, 0.15) is 37.3 Å². The molecule has 0 saturated carbocycles. The van der Waals surface area contributed by atoms with Gasteiger partial charge in [0.05, 0.1) is 19.4 Å². The first-order valence-corrected chi connectivity index (χ1v) is 9.68. The van der Waals surface area contributed by atoms with Gasteiger partial charge in [-0.3, -0.25) is 4.79 Å². The van der Waals surface area contributed by atoms with Crippen LogP contribution in [0.15, 0.2) is 24.3 Å². The van der Waals surface area contributed by atoms with Crippen LogP contribution in [0.4, 0.5) is 0 Å². The summed E-state index contributed by atoms with van der Waals surface area (Å²) in [6.07, 6.45) is 4.24. The summed E-state index contributed by atoms with van der Waals surface area (Å²) >= 11 is 0. The molecule has 7 heteroatoms. The number of ether oxygens (including phenoxy) is 1. The molecule has 1 aliphatic rings. The largest absolute Gasteiger partial charge is 0.497 e. The van der Waals surface area contributed by atoms with E-state index in [2.05, 4.69) is 4.72 Å². The van der Waals surface area contributed by atoms with Gasteiger partial charge in [0.15, 0.2) is 0 Å². The first-order chi connectivity index (χ1) is 10.9. The van der Waals surface area contributed by atoms with Gasteiger partial charge in [-0.25, -0.2) is 13.1 Å². The molecule has 1 aromatic carbocycles. The highest BCUT2D eigenvalue weighted by Gasteiger charge is 2.27. The average Bonchev–Trinajstić information content (AvgIpc) is 2.53. The number of amides is 1. The zero-order valence-corrected chi connectivity index (χ0v) is 14.4. The van der Waals surface area contributed by atoms with Crippen molar-refractivity contribution < 1.29 is 17.9 Å². The maximum Gasteiger partial charge on any atom is 0.224 e. The van der Waals surface area contributed by atoms with Crippen molar-refractivity contribution in [2.75, 3.05) is 26.5 Å². The van der Waals surface area contributed by atoms with E-state index >= 15 is 0 Å². The minimum absolute atomic E-state index is 0.0198. The molecule has 6 nitrogen and oxygen atoms in total. The number of sulfonamides is 1. The Balaban J connectivity index is 2.06. The molecule has 23 heavy (non-hydrogen) atoms. The van der Waals surface area contributed by atoms with Crippen LogP contribution in [0.25, 0.3) is 0 Å². The third-order valence-electron chi connectivity index (χ3n) is 4.00. The van der Waals surface area contributed by atoms with Crippen molar-refractivity contribution >= 4 is 15.9 Å². The van der Waals surface area contributed by atoms with Gasteiger partial charge in [-0.15, -0.1) is 0 Å². The standard InChI is InChI=1S/C16H24N2O4S/c1-22-14-7-5-6-13(12-14)15-8-3-4-11-18(15)16(19)9-10-17-23(2,20)21/h5-7,12,15,17H,3-4,8-11H2,1-2H3. The Kier molecular flexibility index (Phi) is 6.01. The number of nitrogens with one attached hydrogen (secondary N) is 1. The molecule has 1 heterocycles. The molecular weight excluding hydrogens is 316 g/mol. The van der Waals surface area contributed by atoms with E-state index < -0.39 is 10.0 Å². The number of benzene rings is 1. The predicted molar refractivity (Wildman–Crippen MR) is 88.8 cm³/mol. The van der Waals surface area contributed by atoms with Crippen LogP contribution in [0.3, 0.4) is 0 Å². The molecule has 0 radical (unpaired) electrons. The van der Waals surface area contributed by atoms with Crippen molar-refractivity contribution in [3.63, 3.8) is 0 Å². The maximum atomic E-state index is 12.5. The van der Waals surface area contributed by atoms with E-state index in [1.807, 2.05) is 29.2 Å². The summed E-state index contributed by atoms with van der Waals surface area (Å²) in [6, 6.07) is 7.81. The second-order valence-electron chi connectivity index (χ2n) is 5.79. The quantitative estimate of drug-likeness (QED) is 0.855. The van der Waals surface area contributed by atoms with E-state index in [0.717, 1.165) is 36.8 Å². The Morgan fingerprint density at radius 1 is 1.39 bits per heavy atom. The number of carbonyl (C=O) groups excluding carboxylic acids is 1. The van der Waals surface area contributed by atoms with Gasteiger partial charge < -0.3 is 9.64 Å². The van der Waals surface area contributed by atoms with Gasteiger partial charge in [0, 0.05) is 19.5 Å². The van der Waals surface area contributed by atoms with E-state index in [1.165, 1.54) is 0 Å². The lowest BCUT2D eigenvalue weighted by Crippen LogP contribution is -2.40. The Labute approximate surface area is 137 Å². The molecule has 1 atom stereocenters. The summed E-state index contributed by atoms with van der Waals surface area (Å²) in [5, 5.41) is 0. The lowest BCUT2D eigenvalue weighted by atomic mass is 9.94. The number of methoxy groups -OCH3 is 1. The Hall–Kier alpha value is -1.60. The molecule has 0 spiro atoms. The zero-order chi connectivity index (χ0) is 16.9. The number of hydrogen-bond acceptors (Lipinski definition) is 4. The fourth-order valence-corrected chi connectivity index (χ4v) is 3.39. The molecule has 1 amide bonds. The first-order valence-electron chi connectivity index (χ1n) is 7.79. The molecule has 2 rings (SSSR count). The topological polar surface area (TPSA) is 75.7 Å². The monoisotopic (exact) mass is 340 g/mol. The number of rotatable bonds is 6. The predicted octanol–water partition coefficient (Wildman–Crippen LogP) is 1.69. The van der Waals surface area contributed by atoms with E-state index in [1.54, 1.807) is 7.11 Å². The summed E-state index contributed by atoms with van der Waals surface area (Å²) in [5.74, 6) is 0.757. The summed E-state index contributed by atoms with van der Waals surface area (Å²) in [5.41, 5.74) is 1.06. The highest BCUT2D eigenvalue weighted by molar-refractivity contribution is 7.88. The van der Waals surface area contributed by atoms with Crippen LogP contribution < -0.4 is 9.46 Å². The maximum absolute atomic E-state index is 12.5. The lowest BCUT2D eigenvalue weighted by Gasteiger charge is -2.36. The van der Waals surface area contributed by atoms with Gasteiger partial charge in [-0.05, 0) is 37.0 Å². The van der Waals surface area contributed by atoms with E-state index in [9.17, 15) is 13.2 Å². The molecule has 0 bridgehead atoms. The minimum Gasteiger partial charge on any atom is -0.497 e. The molecular formula is C16H24N2O4S. The number of carbonyl (C=O) groups is 1. The highest BCUT2D eigenvalue weighted by atomic mass is 32.2. The SMILES string of the molecule is COc1cccc(C2CCCCN2C(=O)CCNS(C)(=O)=O)c1. The number of likely N-dealkylation sites (tertiary alicyclic amines) is 1. The summed E-state index contributed by atoms with van der Waals surface area (Å²) in [6.45, 7) is 0.846. The first kappa shape index (κ1) is 17.7. The summed E-state index contributed by atoms with van der Waals surface area (Å²) in [4.78, 5) is 14.3. The van der Waals surface area contributed by atoms with Crippen LogP contribution in [-0.4, -0.2) is 45.7 Å². The number of hydrogen-bond donors (Lipinski definition) is 1. The normalized spacial score (nSPS) is 18.7. The van der Waals surface area contributed by atoms with Crippen molar-refractivity contribution in [3.05, 3.63) is 29.8 Å². The number of piperidine rings is 1. The lowest BCUT2D eigenvalue weighted by molar-refractivity contribution is -0.134.